The molecule has 6 heteroatoms. The molecule has 1 fully saturated rings. The Morgan fingerprint density at radius 1 is 1.53 bits per heavy atom. The Hall–Kier alpha value is -0.880. The van der Waals surface area contributed by atoms with E-state index in [1.165, 1.54) is 11.3 Å². The van der Waals surface area contributed by atoms with Crippen LogP contribution in [0.5, 0.6) is 0 Å². The van der Waals surface area contributed by atoms with Crippen LogP contribution in [0.2, 0.25) is 0 Å². The molecule has 3 atom stereocenters. The molecular weight excluding hydrogens is 254 g/mol. The molecule has 4 nitrogen and oxygen atoms in total. The van der Waals surface area contributed by atoms with Gasteiger partial charge in [0.15, 0.2) is 4.34 Å². The van der Waals surface area contributed by atoms with Crippen LogP contribution in [0.15, 0.2) is 17.0 Å². The second kappa shape index (κ2) is 5.18. The highest BCUT2D eigenvalue weighted by molar-refractivity contribution is 8.01. The van der Waals surface area contributed by atoms with E-state index in [1.54, 1.807) is 11.8 Å². The number of rotatable bonds is 5. The zero-order chi connectivity index (χ0) is 12.4. The van der Waals surface area contributed by atoms with Crippen molar-refractivity contribution in [3.8, 4) is 0 Å². The summed E-state index contributed by atoms with van der Waals surface area (Å²) in [6, 6.07) is 0. The van der Waals surface area contributed by atoms with Crippen LogP contribution < -0.4 is 5.32 Å². The van der Waals surface area contributed by atoms with E-state index in [0.29, 0.717) is 17.0 Å². The summed E-state index contributed by atoms with van der Waals surface area (Å²) in [6.07, 6.45) is 1.82. The number of hydrogen-bond acceptors (Lipinski definition) is 5. The highest BCUT2D eigenvalue weighted by Crippen LogP contribution is 2.46. The predicted molar refractivity (Wildman–Crippen MR) is 71.3 cm³/mol. The number of carbonyl (C=O) groups excluding carboxylic acids is 1. The van der Waals surface area contributed by atoms with Crippen LogP contribution in [0, 0.1) is 17.8 Å². The van der Waals surface area contributed by atoms with Crippen LogP contribution in [-0.2, 0) is 4.79 Å². The average Bonchev–Trinajstić information content (AvgIpc) is 2.73. The van der Waals surface area contributed by atoms with Gasteiger partial charge in [-0.1, -0.05) is 43.0 Å². The molecule has 0 spiro atoms. The minimum atomic E-state index is 0.0708. The molecule has 0 aliphatic heterocycles. The summed E-state index contributed by atoms with van der Waals surface area (Å²) >= 11 is 2.98. The highest BCUT2D eigenvalue weighted by Gasteiger charge is 2.48. The predicted octanol–water partition coefficient (Wildman–Crippen LogP) is 2.66. The van der Waals surface area contributed by atoms with Crippen LogP contribution in [0.4, 0.5) is 5.13 Å². The van der Waals surface area contributed by atoms with Crippen molar-refractivity contribution in [3.05, 3.63) is 12.7 Å². The molecule has 17 heavy (non-hydrogen) atoms. The molecule has 1 aliphatic rings. The lowest BCUT2D eigenvalue weighted by molar-refractivity contribution is -0.117. The van der Waals surface area contributed by atoms with E-state index in [0.717, 1.165) is 10.1 Å². The zero-order valence-electron chi connectivity index (χ0n) is 9.84. The van der Waals surface area contributed by atoms with Gasteiger partial charge in [0.2, 0.25) is 11.0 Å². The maximum atomic E-state index is 11.8. The SMILES string of the molecule is C=CCSc1nnc(NC(=O)C2[C@@H](C)[C@H]2C)s1. The van der Waals surface area contributed by atoms with Gasteiger partial charge in [-0.2, -0.15) is 0 Å². The quantitative estimate of drug-likeness (QED) is 0.507. The van der Waals surface area contributed by atoms with Crippen LogP contribution in [0.25, 0.3) is 0 Å². The van der Waals surface area contributed by atoms with Gasteiger partial charge >= 0.3 is 0 Å². The molecule has 0 bridgehead atoms. The normalized spacial score (nSPS) is 26.6. The number of aromatic nitrogens is 2. The molecular formula is C11H15N3OS2. The summed E-state index contributed by atoms with van der Waals surface area (Å²) in [4.78, 5) is 11.8. The topological polar surface area (TPSA) is 54.9 Å². The Bertz CT molecular complexity index is 424. The van der Waals surface area contributed by atoms with Gasteiger partial charge in [0.25, 0.3) is 0 Å². The van der Waals surface area contributed by atoms with Crippen LogP contribution in [-0.4, -0.2) is 21.9 Å². The van der Waals surface area contributed by atoms with E-state index in [4.69, 9.17) is 0 Å². The van der Waals surface area contributed by atoms with Gasteiger partial charge in [-0.3, -0.25) is 4.79 Å². The number of hydrogen-bond donors (Lipinski definition) is 1. The average molecular weight is 269 g/mol. The molecule has 0 radical (unpaired) electrons. The van der Waals surface area contributed by atoms with Crippen molar-refractivity contribution in [3.63, 3.8) is 0 Å². The molecule has 1 aromatic heterocycles. The van der Waals surface area contributed by atoms with Crippen LogP contribution >= 0.6 is 23.1 Å². The minimum Gasteiger partial charge on any atom is -0.300 e. The molecule has 92 valence electrons. The lowest BCUT2D eigenvalue weighted by Crippen LogP contribution is -2.14. The van der Waals surface area contributed by atoms with Gasteiger partial charge in [-0.05, 0) is 11.8 Å². The number of amides is 1. The van der Waals surface area contributed by atoms with Crippen LogP contribution in [0.1, 0.15) is 13.8 Å². The first-order valence-corrected chi connectivity index (χ1v) is 7.31. The van der Waals surface area contributed by atoms with Crippen molar-refractivity contribution < 1.29 is 4.79 Å². The van der Waals surface area contributed by atoms with Gasteiger partial charge in [-0.25, -0.2) is 0 Å². The smallest absolute Gasteiger partial charge is 0.229 e. The third-order valence-corrected chi connectivity index (χ3v) is 5.05. The monoisotopic (exact) mass is 269 g/mol. The second-order valence-corrected chi connectivity index (χ2v) is 6.45. The van der Waals surface area contributed by atoms with Crippen molar-refractivity contribution in [2.45, 2.75) is 18.2 Å². The molecule has 2 rings (SSSR count). The van der Waals surface area contributed by atoms with Crippen molar-refractivity contribution in [2.75, 3.05) is 11.1 Å². The molecule has 1 aliphatic carbocycles. The third-order valence-electron chi connectivity index (χ3n) is 3.09. The Balaban J connectivity index is 1.88. The standard InChI is InChI=1S/C11H15N3OS2/c1-4-5-16-11-14-13-10(17-11)12-9(15)8-6(2)7(8)3/h4,6-8H,1,5H2,2-3H3,(H,12,13,15)/t6-,7+,8?. The zero-order valence-corrected chi connectivity index (χ0v) is 11.5. The van der Waals surface area contributed by atoms with Crippen molar-refractivity contribution >= 4 is 34.1 Å². The molecule has 1 unspecified atom stereocenters. The van der Waals surface area contributed by atoms with Crippen molar-refractivity contribution in [1.82, 2.24) is 10.2 Å². The van der Waals surface area contributed by atoms with E-state index in [-0.39, 0.29) is 11.8 Å². The number of nitrogens with one attached hydrogen (secondary N) is 1. The largest absolute Gasteiger partial charge is 0.300 e. The van der Waals surface area contributed by atoms with E-state index in [2.05, 4.69) is 35.9 Å². The summed E-state index contributed by atoms with van der Waals surface area (Å²) in [5.74, 6) is 1.99. The van der Waals surface area contributed by atoms with Gasteiger partial charge in [0, 0.05) is 11.7 Å². The minimum absolute atomic E-state index is 0.0708. The maximum Gasteiger partial charge on any atom is 0.229 e. The van der Waals surface area contributed by atoms with Gasteiger partial charge in [0.1, 0.15) is 0 Å². The number of thioether (sulfide) groups is 1. The first kappa shape index (κ1) is 12.6. The fourth-order valence-electron chi connectivity index (χ4n) is 1.78. The molecule has 1 heterocycles. The van der Waals surface area contributed by atoms with Crippen molar-refractivity contribution in [1.29, 1.82) is 0 Å². The summed E-state index contributed by atoms with van der Waals surface area (Å²) in [6.45, 7) is 7.84. The first-order valence-electron chi connectivity index (χ1n) is 5.51. The Morgan fingerprint density at radius 2 is 2.24 bits per heavy atom. The fourth-order valence-corrected chi connectivity index (χ4v) is 3.29. The fraction of sp³-hybridized carbons (Fsp3) is 0.545. The molecule has 0 aromatic carbocycles. The number of anilines is 1. The number of carbonyl (C=O) groups is 1. The molecule has 1 aromatic rings. The number of nitrogens with zero attached hydrogens (tertiary/aromatic N) is 2. The van der Waals surface area contributed by atoms with E-state index >= 15 is 0 Å². The maximum absolute atomic E-state index is 11.8. The first-order chi connectivity index (χ1) is 8.13. The van der Waals surface area contributed by atoms with Gasteiger partial charge < -0.3 is 5.32 Å². The Morgan fingerprint density at radius 3 is 2.82 bits per heavy atom. The van der Waals surface area contributed by atoms with E-state index < -0.39 is 0 Å². The van der Waals surface area contributed by atoms with Gasteiger partial charge in [-0.15, -0.1) is 16.8 Å². The second-order valence-electron chi connectivity index (χ2n) is 4.21. The van der Waals surface area contributed by atoms with E-state index in [1.807, 2.05) is 6.08 Å². The molecule has 0 saturated heterocycles. The lowest BCUT2D eigenvalue weighted by atomic mass is 10.3. The summed E-state index contributed by atoms with van der Waals surface area (Å²) in [7, 11) is 0. The summed E-state index contributed by atoms with van der Waals surface area (Å²) in [5.41, 5.74) is 0. The van der Waals surface area contributed by atoms with Crippen molar-refractivity contribution in [2.24, 2.45) is 17.8 Å². The summed E-state index contributed by atoms with van der Waals surface area (Å²) < 4.78 is 0.858. The van der Waals surface area contributed by atoms with E-state index in [9.17, 15) is 4.79 Å². The van der Waals surface area contributed by atoms with Gasteiger partial charge in [0.05, 0.1) is 0 Å². The Labute approximate surface area is 109 Å². The highest BCUT2D eigenvalue weighted by atomic mass is 32.2. The molecule has 1 amide bonds. The third kappa shape index (κ3) is 2.87. The van der Waals surface area contributed by atoms with Crippen LogP contribution in [0.3, 0.4) is 0 Å². The lowest BCUT2D eigenvalue weighted by Gasteiger charge is -1.97. The molecule has 1 saturated carbocycles. The summed E-state index contributed by atoms with van der Waals surface area (Å²) in [5, 5.41) is 11.4. The Kier molecular flexibility index (Phi) is 3.83. The molecule has 1 N–H and O–H groups in total.